The van der Waals surface area contributed by atoms with Crippen molar-refractivity contribution in [1.82, 2.24) is 10.3 Å². The van der Waals surface area contributed by atoms with Gasteiger partial charge in [0.1, 0.15) is 5.82 Å². The van der Waals surface area contributed by atoms with Crippen molar-refractivity contribution in [3.8, 4) is 0 Å². The van der Waals surface area contributed by atoms with Crippen LogP contribution in [0.25, 0.3) is 0 Å². The SMILES string of the molecule is CCNC(c1cc(C)nc(C)c1)c1ccc(C)c(F)c1. The molecule has 0 spiro atoms. The van der Waals surface area contributed by atoms with Crippen molar-refractivity contribution in [3.05, 3.63) is 64.2 Å². The van der Waals surface area contributed by atoms with Crippen molar-refractivity contribution in [2.45, 2.75) is 33.7 Å². The third-order valence-corrected chi connectivity index (χ3v) is 3.37. The molecule has 2 aromatic rings. The molecule has 1 unspecified atom stereocenters. The van der Waals surface area contributed by atoms with Crippen LogP contribution >= 0.6 is 0 Å². The predicted molar refractivity (Wildman–Crippen MR) is 80.4 cm³/mol. The Morgan fingerprint density at radius 3 is 2.25 bits per heavy atom. The van der Waals surface area contributed by atoms with E-state index in [1.165, 1.54) is 0 Å². The summed E-state index contributed by atoms with van der Waals surface area (Å²) in [6.45, 7) is 8.62. The first-order valence-electron chi connectivity index (χ1n) is 6.96. The van der Waals surface area contributed by atoms with Crippen LogP contribution in [0.2, 0.25) is 0 Å². The fraction of sp³-hybridized carbons (Fsp3) is 0.353. The van der Waals surface area contributed by atoms with Crippen LogP contribution in [0.15, 0.2) is 30.3 Å². The lowest BCUT2D eigenvalue weighted by Crippen LogP contribution is -2.22. The number of benzene rings is 1. The van der Waals surface area contributed by atoms with Crippen molar-refractivity contribution in [3.63, 3.8) is 0 Å². The quantitative estimate of drug-likeness (QED) is 0.914. The number of aryl methyl sites for hydroxylation is 3. The Hall–Kier alpha value is -1.74. The number of nitrogens with one attached hydrogen (secondary N) is 1. The summed E-state index contributed by atoms with van der Waals surface area (Å²) in [5, 5.41) is 3.42. The number of hydrogen-bond acceptors (Lipinski definition) is 2. The van der Waals surface area contributed by atoms with Gasteiger partial charge in [-0.1, -0.05) is 19.1 Å². The first kappa shape index (κ1) is 14.7. The minimum atomic E-state index is -0.159. The molecule has 0 radical (unpaired) electrons. The molecule has 106 valence electrons. The van der Waals surface area contributed by atoms with E-state index in [9.17, 15) is 4.39 Å². The highest BCUT2D eigenvalue weighted by atomic mass is 19.1. The maximum absolute atomic E-state index is 13.8. The Labute approximate surface area is 120 Å². The lowest BCUT2D eigenvalue weighted by molar-refractivity contribution is 0.596. The van der Waals surface area contributed by atoms with Crippen molar-refractivity contribution in [2.75, 3.05) is 6.54 Å². The van der Waals surface area contributed by atoms with Gasteiger partial charge >= 0.3 is 0 Å². The lowest BCUT2D eigenvalue weighted by Gasteiger charge is -2.20. The molecule has 0 saturated heterocycles. The lowest BCUT2D eigenvalue weighted by atomic mass is 9.97. The Bertz CT molecular complexity index is 588. The molecule has 0 aliphatic carbocycles. The number of nitrogens with zero attached hydrogens (tertiary/aromatic N) is 1. The van der Waals surface area contributed by atoms with Gasteiger partial charge in [0, 0.05) is 11.4 Å². The summed E-state index contributed by atoms with van der Waals surface area (Å²) < 4.78 is 13.8. The van der Waals surface area contributed by atoms with Crippen LogP contribution in [0.3, 0.4) is 0 Å². The summed E-state index contributed by atoms with van der Waals surface area (Å²) in [6.07, 6.45) is 0. The van der Waals surface area contributed by atoms with Crippen LogP contribution in [0.4, 0.5) is 4.39 Å². The largest absolute Gasteiger partial charge is 0.307 e. The van der Waals surface area contributed by atoms with E-state index in [0.717, 1.165) is 29.1 Å². The van der Waals surface area contributed by atoms with Gasteiger partial charge < -0.3 is 5.32 Å². The Balaban J connectivity index is 2.46. The molecule has 1 heterocycles. The van der Waals surface area contributed by atoms with E-state index in [0.29, 0.717) is 5.56 Å². The highest BCUT2D eigenvalue weighted by Crippen LogP contribution is 2.24. The average molecular weight is 272 g/mol. The zero-order valence-electron chi connectivity index (χ0n) is 12.5. The number of aromatic nitrogens is 1. The summed E-state index contributed by atoms with van der Waals surface area (Å²) in [7, 11) is 0. The number of pyridine rings is 1. The van der Waals surface area contributed by atoms with Gasteiger partial charge in [-0.25, -0.2) is 4.39 Å². The summed E-state index contributed by atoms with van der Waals surface area (Å²) in [5.41, 5.74) is 4.71. The number of rotatable bonds is 4. The summed E-state index contributed by atoms with van der Waals surface area (Å²) in [6, 6.07) is 9.53. The molecule has 1 N–H and O–H groups in total. The minimum absolute atomic E-state index is 0.00417. The van der Waals surface area contributed by atoms with Crippen molar-refractivity contribution in [1.29, 1.82) is 0 Å². The van der Waals surface area contributed by atoms with E-state index in [1.54, 1.807) is 13.0 Å². The van der Waals surface area contributed by atoms with E-state index in [1.807, 2.05) is 26.0 Å². The van der Waals surface area contributed by atoms with Crippen LogP contribution in [0, 0.1) is 26.6 Å². The maximum atomic E-state index is 13.8. The van der Waals surface area contributed by atoms with Gasteiger partial charge in [-0.05, 0) is 62.2 Å². The highest BCUT2D eigenvalue weighted by Gasteiger charge is 2.15. The van der Waals surface area contributed by atoms with Gasteiger partial charge in [0.15, 0.2) is 0 Å². The van der Waals surface area contributed by atoms with E-state index in [4.69, 9.17) is 0 Å². The Morgan fingerprint density at radius 2 is 1.70 bits per heavy atom. The summed E-state index contributed by atoms with van der Waals surface area (Å²) in [4.78, 5) is 4.40. The first-order valence-corrected chi connectivity index (χ1v) is 6.96. The fourth-order valence-electron chi connectivity index (χ4n) is 2.45. The molecule has 0 bridgehead atoms. The number of halogens is 1. The zero-order chi connectivity index (χ0) is 14.7. The smallest absolute Gasteiger partial charge is 0.126 e. The highest BCUT2D eigenvalue weighted by molar-refractivity contribution is 5.35. The van der Waals surface area contributed by atoms with E-state index >= 15 is 0 Å². The van der Waals surface area contributed by atoms with Gasteiger partial charge in [-0.2, -0.15) is 0 Å². The van der Waals surface area contributed by atoms with Gasteiger partial charge in [-0.15, -0.1) is 0 Å². The molecule has 0 saturated carbocycles. The Morgan fingerprint density at radius 1 is 1.05 bits per heavy atom. The first-order chi connectivity index (χ1) is 9.51. The molecule has 2 nitrogen and oxygen atoms in total. The molecule has 0 fully saturated rings. The molecule has 1 aromatic heterocycles. The van der Waals surface area contributed by atoms with Crippen LogP contribution in [-0.2, 0) is 0 Å². The minimum Gasteiger partial charge on any atom is -0.307 e. The van der Waals surface area contributed by atoms with Crippen LogP contribution in [0.5, 0.6) is 0 Å². The van der Waals surface area contributed by atoms with E-state index < -0.39 is 0 Å². The molecule has 1 aromatic carbocycles. The topological polar surface area (TPSA) is 24.9 Å². The molecule has 0 aliphatic rings. The molecule has 1 atom stereocenters. The molecular weight excluding hydrogens is 251 g/mol. The van der Waals surface area contributed by atoms with Crippen LogP contribution < -0.4 is 5.32 Å². The van der Waals surface area contributed by atoms with Gasteiger partial charge in [0.25, 0.3) is 0 Å². The normalized spacial score (nSPS) is 12.4. The van der Waals surface area contributed by atoms with Gasteiger partial charge in [0.2, 0.25) is 0 Å². The standard InChI is InChI=1S/C17H21FN2/c1-5-19-17(14-7-6-11(2)16(18)10-14)15-8-12(3)20-13(4)9-15/h6-10,17,19H,5H2,1-4H3. The van der Waals surface area contributed by atoms with Crippen molar-refractivity contribution in [2.24, 2.45) is 0 Å². The van der Waals surface area contributed by atoms with E-state index in [-0.39, 0.29) is 11.9 Å². The Kier molecular flexibility index (Phi) is 4.50. The third-order valence-electron chi connectivity index (χ3n) is 3.37. The molecule has 2 rings (SSSR count). The second-order valence-corrected chi connectivity index (χ2v) is 5.18. The monoisotopic (exact) mass is 272 g/mol. The third kappa shape index (κ3) is 3.23. The van der Waals surface area contributed by atoms with Crippen molar-refractivity contribution >= 4 is 0 Å². The second kappa shape index (κ2) is 6.14. The van der Waals surface area contributed by atoms with E-state index in [2.05, 4.69) is 29.4 Å². The molecular formula is C17H21FN2. The zero-order valence-corrected chi connectivity index (χ0v) is 12.5. The fourth-order valence-corrected chi connectivity index (χ4v) is 2.45. The molecule has 0 amide bonds. The van der Waals surface area contributed by atoms with Gasteiger partial charge in [0.05, 0.1) is 6.04 Å². The van der Waals surface area contributed by atoms with Crippen LogP contribution in [0.1, 0.15) is 41.0 Å². The maximum Gasteiger partial charge on any atom is 0.126 e. The number of hydrogen-bond donors (Lipinski definition) is 1. The van der Waals surface area contributed by atoms with Crippen molar-refractivity contribution < 1.29 is 4.39 Å². The molecule has 20 heavy (non-hydrogen) atoms. The summed E-state index contributed by atoms with van der Waals surface area (Å²) in [5.74, 6) is -0.159. The van der Waals surface area contributed by atoms with Gasteiger partial charge in [-0.3, -0.25) is 4.98 Å². The average Bonchev–Trinajstić information content (AvgIpc) is 2.38. The molecule has 0 aliphatic heterocycles. The second-order valence-electron chi connectivity index (χ2n) is 5.18. The van der Waals surface area contributed by atoms with Crippen LogP contribution in [-0.4, -0.2) is 11.5 Å². The predicted octanol–water partition coefficient (Wildman–Crippen LogP) is 3.84. The summed E-state index contributed by atoms with van der Waals surface area (Å²) >= 11 is 0. The molecule has 3 heteroatoms.